The standard InChI is InChI=1S/C15H21N3O2S/c1-12-4-6-14-10-13(5-7-15(14)17-12)11-16-8-9-21(19,20)18(2)3/h4-7,10,16H,8-9,11H2,1-3H3. The van der Waals surface area contributed by atoms with Crippen LogP contribution in [0, 0.1) is 6.92 Å². The molecule has 2 aromatic rings. The van der Waals surface area contributed by atoms with Gasteiger partial charge in [0, 0.05) is 38.3 Å². The van der Waals surface area contributed by atoms with Crippen LogP contribution in [-0.2, 0) is 16.6 Å². The average Bonchev–Trinajstić information content (AvgIpc) is 2.43. The van der Waals surface area contributed by atoms with Gasteiger partial charge >= 0.3 is 0 Å². The van der Waals surface area contributed by atoms with Crippen LogP contribution in [0.25, 0.3) is 10.9 Å². The second-order valence-electron chi connectivity index (χ2n) is 5.25. The second kappa shape index (κ2) is 6.51. The number of sulfonamides is 1. The Kier molecular flexibility index (Phi) is 4.92. The minimum atomic E-state index is -3.13. The molecule has 5 nitrogen and oxygen atoms in total. The predicted molar refractivity (Wildman–Crippen MR) is 85.7 cm³/mol. The van der Waals surface area contributed by atoms with E-state index >= 15 is 0 Å². The lowest BCUT2D eigenvalue weighted by molar-refractivity contribution is 0.517. The van der Waals surface area contributed by atoms with Gasteiger partial charge < -0.3 is 5.32 Å². The van der Waals surface area contributed by atoms with Crippen LogP contribution in [0.5, 0.6) is 0 Å². The van der Waals surface area contributed by atoms with E-state index in [4.69, 9.17) is 0 Å². The van der Waals surface area contributed by atoms with Gasteiger partial charge in [-0.1, -0.05) is 12.1 Å². The smallest absolute Gasteiger partial charge is 0.214 e. The lowest BCUT2D eigenvalue weighted by Gasteiger charge is -2.11. The number of hydrogen-bond donors (Lipinski definition) is 1. The van der Waals surface area contributed by atoms with Crippen molar-refractivity contribution in [2.75, 3.05) is 26.4 Å². The van der Waals surface area contributed by atoms with Crippen LogP contribution in [-0.4, -0.2) is 44.1 Å². The fourth-order valence-electron chi connectivity index (χ4n) is 2.00. The quantitative estimate of drug-likeness (QED) is 0.822. The molecule has 2 rings (SSSR count). The number of fused-ring (bicyclic) bond motifs is 1. The zero-order chi connectivity index (χ0) is 15.5. The van der Waals surface area contributed by atoms with E-state index in [9.17, 15) is 8.42 Å². The van der Waals surface area contributed by atoms with Crippen molar-refractivity contribution in [2.24, 2.45) is 0 Å². The third kappa shape index (κ3) is 4.23. The molecule has 1 aromatic carbocycles. The van der Waals surface area contributed by atoms with Gasteiger partial charge in [0.05, 0.1) is 11.3 Å². The van der Waals surface area contributed by atoms with Crippen LogP contribution in [0.2, 0.25) is 0 Å². The maximum absolute atomic E-state index is 11.6. The minimum absolute atomic E-state index is 0.105. The fraction of sp³-hybridized carbons (Fsp3) is 0.400. The summed E-state index contributed by atoms with van der Waals surface area (Å²) in [5.74, 6) is 0.105. The first-order chi connectivity index (χ1) is 9.88. The molecule has 0 unspecified atom stereocenters. The summed E-state index contributed by atoms with van der Waals surface area (Å²) in [6.07, 6.45) is 0. The number of hydrogen-bond acceptors (Lipinski definition) is 4. The molecule has 0 saturated heterocycles. The molecule has 1 N–H and O–H groups in total. The summed E-state index contributed by atoms with van der Waals surface area (Å²) in [5.41, 5.74) is 3.10. The van der Waals surface area contributed by atoms with Gasteiger partial charge in [-0.3, -0.25) is 4.98 Å². The van der Waals surface area contributed by atoms with Crippen molar-refractivity contribution in [2.45, 2.75) is 13.5 Å². The molecular weight excluding hydrogens is 286 g/mol. The van der Waals surface area contributed by atoms with Crippen molar-refractivity contribution in [3.8, 4) is 0 Å². The third-order valence-corrected chi connectivity index (χ3v) is 5.15. The van der Waals surface area contributed by atoms with Gasteiger partial charge in [0.25, 0.3) is 0 Å². The van der Waals surface area contributed by atoms with Gasteiger partial charge in [0.1, 0.15) is 0 Å². The molecule has 0 amide bonds. The topological polar surface area (TPSA) is 62.3 Å². The molecule has 0 bridgehead atoms. The van der Waals surface area contributed by atoms with Gasteiger partial charge in [-0.2, -0.15) is 0 Å². The van der Waals surface area contributed by atoms with Gasteiger partial charge in [-0.25, -0.2) is 12.7 Å². The van der Waals surface area contributed by atoms with Crippen molar-refractivity contribution < 1.29 is 8.42 Å². The van der Waals surface area contributed by atoms with E-state index in [1.54, 1.807) is 14.1 Å². The van der Waals surface area contributed by atoms with Gasteiger partial charge in [-0.05, 0) is 30.7 Å². The molecule has 0 saturated carbocycles. The van der Waals surface area contributed by atoms with E-state index in [0.717, 1.165) is 22.2 Å². The van der Waals surface area contributed by atoms with Crippen molar-refractivity contribution in [1.29, 1.82) is 0 Å². The first-order valence-electron chi connectivity index (χ1n) is 6.86. The minimum Gasteiger partial charge on any atom is -0.312 e. The number of aromatic nitrogens is 1. The lowest BCUT2D eigenvalue weighted by Crippen LogP contribution is -2.30. The molecule has 1 aromatic heterocycles. The molecule has 114 valence electrons. The first kappa shape index (κ1) is 15.9. The van der Waals surface area contributed by atoms with Crippen LogP contribution in [0.15, 0.2) is 30.3 Å². The SMILES string of the molecule is Cc1ccc2cc(CNCCS(=O)(=O)N(C)C)ccc2n1. The van der Waals surface area contributed by atoms with Gasteiger partial charge in [0.15, 0.2) is 0 Å². The number of benzene rings is 1. The van der Waals surface area contributed by atoms with Crippen molar-refractivity contribution >= 4 is 20.9 Å². The van der Waals surface area contributed by atoms with E-state index in [2.05, 4.69) is 22.4 Å². The van der Waals surface area contributed by atoms with Crippen LogP contribution in [0.1, 0.15) is 11.3 Å². The summed E-state index contributed by atoms with van der Waals surface area (Å²) in [7, 11) is -0.0327. The summed E-state index contributed by atoms with van der Waals surface area (Å²) >= 11 is 0. The third-order valence-electron chi connectivity index (χ3n) is 3.32. The number of nitrogens with zero attached hydrogens (tertiary/aromatic N) is 2. The predicted octanol–water partition coefficient (Wildman–Crippen LogP) is 1.52. The highest BCUT2D eigenvalue weighted by atomic mass is 32.2. The van der Waals surface area contributed by atoms with E-state index in [0.29, 0.717) is 13.1 Å². The van der Waals surface area contributed by atoms with Crippen molar-refractivity contribution in [3.05, 3.63) is 41.6 Å². The zero-order valence-electron chi connectivity index (χ0n) is 12.6. The van der Waals surface area contributed by atoms with E-state index in [-0.39, 0.29) is 5.75 Å². The molecule has 1 heterocycles. The van der Waals surface area contributed by atoms with Crippen molar-refractivity contribution in [3.63, 3.8) is 0 Å². The lowest BCUT2D eigenvalue weighted by atomic mass is 10.1. The summed E-state index contributed by atoms with van der Waals surface area (Å²) in [5, 5.41) is 4.26. The number of rotatable bonds is 6. The summed E-state index contributed by atoms with van der Waals surface area (Å²) in [6.45, 7) is 3.05. The Hall–Kier alpha value is -1.50. The summed E-state index contributed by atoms with van der Waals surface area (Å²) in [6, 6.07) is 10.1. The fourth-order valence-corrected chi connectivity index (χ4v) is 2.77. The maximum atomic E-state index is 11.6. The first-order valence-corrected chi connectivity index (χ1v) is 8.46. The van der Waals surface area contributed by atoms with Crippen LogP contribution in [0.4, 0.5) is 0 Å². The van der Waals surface area contributed by atoms with E-state index < -0.39 is 10.0 Å². The summed E-state index contributed by atoms with van der Waals surface area (Å²) < 4.78 is 24.5. The van der Waals surface area contributed by atoms with Gasteiger partial charge in [-0.15, -0.1) is 0 Å². The molecule has 6 heteroatoms. The Balaban J connectivity index is 1.94. The van der Waals surface area contributed by atoms with E-state index in [1.165, 1.54) is 4.31 Å². The molecule has 0 spiro atoms. The molecule has 0 atom stereocenters. The second-order valence-corrected chi connectivity index (χ2v) is 7.56. The normalized spacial score (nSPS) is 12.2. The number of nitrogens with one attached hydrogen (secondary N) is 1. The molecule has 21 heavy (non-hydrogen) atoms. The highest BCUT2D eigenvalue weighted by molar-refractivity contribution is 7.89. The highest BCUT2D eigenvalue weighted by Crippen LogP contribution is 2.14. The van der Waals surface area contributed by atoms with Crippen LogP contribution >= 0.6 is 0 Å². The maximum Gasteiger partial charge on any atom is 0.214 e. The Morgan fingerprint density at radius 3 is 2.67 bits per heavy atom. The Morgan fingerprint density at radius 1 is 1.19 bits per heavy atom. The zero-order valence-corrected chi connectivity index (χ0v) is 13.4. The Bertz CT molecular complexity index is 727. The van der Waals surface area contributed by atoms with Crippen molar-refractivity contribution in [1.82, 2.24) is 14.6 Å². The van der Waals surface area contributed by atoms with Crippen LogP contribution < -0.4 is 5.32 Å². The van der Waals surface area contributed by atoms with Gasteiger partial charge in [0.2, 0.25) is 10.0 Å². The molecule has 0 aliphatic carbocycles. The Morgan fingerprint density at radius 2 is 1.95 bits per heavy atom. The monoisotopic (exact) mass is 307 g/mol. The molecule has 0 aliphatic rings. The molecule has 0 radical (unpaired) electrons. The number of aryl methyl sites for hydroxylation is 1. The molecular formula is C15H21N3O2S. The highest BCUT2D eigenvalue weighted by Gasteiger charge is 2.12. The molecule has 0 fully saturated rings. The largest absolute Gasteiger partial charge is 0.312 e. The van der Waals surface area contributed by atoms with Crippen LogP contribution in [0.3, 0.4) is 0 Å². The van der Waals surface area contributed by atoms with E-state index in [1.807, 2.05) is 25.1 Å². The number of pyridine rings is 1. The molecule has 0 aliphatic heterocycles. The Labute approximate surface area is 126 Å². The average molecular weight is 307 g/mol. The summed E-state index contributed by atoms with van der Waals surface area (Å²) in [4.78, 5) is 4.46.